The summed E-state index contributed by atoms with van der Waals surface area (Å²) in [6.45, 7) is 2.07. The summed E-state index contributed by atoms with van der Waals surface area (Å²) in [5, 5.41) is 7.32. The zero-order valence-electron chi connectivity index (χ0n) is 13.3. The summed E-state index contributed by atoms with van der Waals surface area (Å²) in [6.07, 6.45) is 9.36. The molecular formula is C18H23N3O. The molecule has 4 nitrogen and oxygen atoms in total. The zero-order chi connectivity index (χ0) is 15.5. The largest absolute Gasteiger partial charge is 0.345 e. The maximum absolute atomic E-state index is 12.5. The van der Waals surface area contributed by atoms with Crippen LogP contribution in [0.25, 0.3) is 0 Å². The third-order valence-corrected chi connectivity index (χ3v) is 4.45. The average Bonchev–Trinajstić information content (AvgIpc) is 2.98. The summed E-state index contributed by atoms with van der Waals surface area (Å²) in [4.78, 5) is 12.5. The van der Waals surface area contributed by atoms with E-state index in [1.807, 2.05) is 25.5 Å². The highest BCUT2D eigenvalue weighted by molar-refractivity contribution is 5.94. The lowest BCUT2D eigenvalue weighted by molar-refractivity contribution is 0.0935. The summed E-state index contributed by atoms with van der Waals surface area (Å²) in [5.74, 6) is 0.00377. The second kappa shape index (κ2) is 6.34. The third kappa shape index (κ3) is 3.06. The number of amides is 1. The molecule has 3 rings (SSSR count). The molecule has 0 spiro atoms. The topological polar surface area (TPSA) is 46.9 Å². The number of aromatic nitrogens is 2. The van der Waals surface area contributed by atoms with Gasteiger partial charge in [0.2, 0.25) is 0 Å². The van der Waals surface area contributed by atoms with Crippen LogP contribution in [0.4, 0.5) is 0 Å². The number of carbonyl (C=O) groups excluding carboxylic acids is 1. The molecule has 4 heteroatoms. The van der Waals surface area contributed by atoms with Crippen LogP contribution in [0, 0.1) is 0 Å². The smallest absolute Gasteiger partial charge is 0.251 e. The summed E-state index contributed by atoms with van der Waals surface area (Å²) in [7, 11) is 1.89. The number of aryl methyl sites for hydroxylation is 3. The first-order chi connectivity index (χ1) is 10.7. The van der Waals surface area contributed by atoms with Crippen LogP contribution < -0.4 is 5.32 Å². The molecule has 1 atom stereocenters. The van der Waals surface area contributed by atoms with Crippen molar-refractivity contribution in [1.29, 1.82) is 0 Å². The fourth-order valence-corrected chi connectivity index (χ4v) is 3.16. The minimum atomic E-state index is 0.00377. The lowest BCUT2D eigenvalue weighted by atomic mass is 9.90. The minimum absolute atomic E-state index is 0.00377. The standard InChI is InChI=1S/C18H23N3O/c1-3-17(16-11-19-21(2)12-16)20-18(22)15-9-8-13-6-4-5-7-14(13)10-15/h8-12,17H,3-7H2,1-2H3,(H,20,22)/t17-/m0/s1. The number of nitrogens with zero attached hydrogens (tertiary/aromatic N) is 2. The second-order valence-corrected chi connectivity index (χ2v) is 6.07. The van der Waals surface area contributed by atoms with Crippen molar-refractivity contribution in [2.75, 3.05) is 0 Å². The number of rotatable bonds is 4. The van der Waals surface area contributed by atoms with Gasteiger partial charge in [-0.1, -0.05) is 13.0 Å². The highest BCUT2D eigenvalue weighted by Gasteiger charge is 2.17. The highest BCUT2D eigenvalue weighted by atomic mass is 16.1. The van der Waals surface area contributed by atoms with E-state index in [4.69, 9.17) is 0 Å². The van der Waals surface area contributed by atoms with Crippen LogP contribution in [0.5, 0.6) is 0 Å². The van der Waals surface area contributed by atoms with Crippen LogP contribution in [0.2, 0.25) is 0 Å². The number of carbonyl (C=O) groups is 1. The Bertz CT molecular complexity index is 675. The number of hydrogen-bond donors (Lipinski definition) is 1. The van der Waals surface area contributed by atoms with Crippen molar-refractivity contribution in [1.82, 2.24) is 15.1 Å². The van der Waals surface area contributed by atoms with Gasteiger partial charge in [-0.2, -0.15) is 5.10 Å². The Labute approximate surface area is 131 Å². The van der Waals surface area contributed by atoms with E-state index in [0.717, 1.165) is 30.4 Å². The van der Waals surface area contributed by atoms with Gasteiger partial charge in [0.25, 0.3) is 5.91 Å². The summed E-state index contributed by atoms with van der Waals surface area (Å²) in [5.41, 5.74) is 4.56. The van der Waals surface area contributed by atoms with Crippen LogP contribution in [-0.2, 0) is 19.9 Å². The van der Waals surface area contributed by atoms with Crippen molar-refractivity contribution < 1.29 is 4.79 Å². The van der Waals surface area contributed by atoms with Gasteiger partial charge in [0.1, 0.15) is 0 Å². The second-order valence-electron chi connectivity index (χ2n) is 6.07. The van der Waals surface area contributed by atoms with Gasteiger partial charge < -0.3 is 5.32 Å². The molecule has 1 heterocycles. The molecule has 22 heavy (non-hydrogen) atoms. The monoisotopic (exact) mass is 297 g/mol. The SMILES string of the molecule is CC[C@H](NC(=O)c1ccc2c(c1)CCCC2)c1cnn(C)c1. The molecule has 0 unspecified atom stereocenters. The highest BCUT2D eigenvalue weighted by Crippen LogP contribution is 2.23. The van der Waals surface area contributed by atoms with E-state index in [2.05, 4.69) is 29.5 Å². The first kappa shape index (κ1) is 14.8. The van der Waals surface area contributed by atoms with Gasteiger partial charge >= 0.3 is 0 Å². The van der Waals surface area contributed by atoms with Crippen LogP contribution in [-0.4, -0.2) is 15.7 Å². The molecule has 0 saturated heterocycles. The van der Waals surface area contributed by atoms with Gasteiger partial charge in [-0.05, 0) is 55.4 Å². The molecule has 0 aliphatic heterocycles. The molecule has 2 aromatic rings. The van der Waals surface area contributed by atoms with Crippen molar-refractivity contribution in [3.8, 4) is 0 Å². The molecule has 0 fully saturated rings. The molecule has 1 amide bonds. The van der Waals surface area contributed by atoms with E-state index in [9.17, 15) is 4.79 Å². The zero-order valence-corrected chi connectivity index (χ0v) is 13.3. The molecule has 116 valence electrons. The van der Waals surface area contributed by atoms with Gasteiger partial charge in [-0.3, -0.25) is 9.48 Å². The predicted octanol–water partition coefficient (Wildman–Crippen LogP) is 3.18. The Morgan fingerprint density at radius 3 is 2.77 bits per heavy atom. The maximum Gasteiger partial charge on any atom is 0.251 e. The minimum Gasteiger partial charge on any atom is -0.345 e. The Balaban J connectivity index is 1.75. The van der Waals surface area contributed by atoms with Gasteiger partial charge in [-0.15, -0.1) is 0 Å². The summed E-state index contributed by atoms with van der Waals surface area (Å²) in [6, 6.07) is 6.15. The van der Waals surface area contributed by atoms with Crippen molar-refractivity contribution in [3.05, 3.63) is 52.8 Å². The molecule has 1 N–H and O–H groups in total. The number of nitrogens with one attached hydrogen (secondary N) is 1. The van der Waals surface area contributed by atoms with E-state index >= 15 is 0 Å². The number of fused-ring (bicyclic) bond motifs is 1. The predicted molar refractivity (Wildman–Crippen MR) is 86.8 cm³/mol. The first-order valence-electron chi connectivity index (χ1n) is 8.08. The molecule has 1 aliphatic rings. The van der Waals surface area contributed by atoms with Gasteiger partial charge in [0.15, 0.2) is 0 Å². The van der Waals surface area contributed by atoms with Crippen molar-refractivity contribution >= 4 is 5.91 Å². The number of hydrogen-bond acceptors (Lipinski definition) is 2. The molecule has 1 aliphatic carbocycles. The van der Waals surface area contributed by atoms with Crippen LogP contribution >= 0.6 is 0 Å². The van der Waals surface area contributed by atoms with E-state index in [1.165, 1.54) is 24.0 Å². The van der Waals surface area contributed by atoms with Crippen molar-refractivity contribution in [3.63, 3.8) is 0 Å². The fourth-order valence-electron chi connectivity index (χ4n) is 3.16. The Hall–Kier alpha value is -2.10. The molecule has 1 aromatic heterocycles. The van der Waals surface area contributed by atoms with Crippen LogP contribution in [0.1, 0.15) is 59.3 Å². The van der Waals surface area contributed by atoms with Crippen molar-refractivity contribution in [2.24, 2.45) is 7.05 Å². The van der Waals surface area contributed by atoms with Gasteiger partial charge in [0.05, 0.1) is 12.2 Å². The Morgan fingerprint density at radius 1 is 1.32 bits per heavy atom. The normalized spacial score (nSPS) is 15.2. The third-order valence-electron chi connectivity index (χ3n) is 4.45. The van der Waals surface area contributed by atoms with Crippen molar-refractivity contribution in [2.45, 2.75) is 45.1 Å². The van der Waals surface area contributed by atoms with E-state index in [1.54, 1.807) is 4.68 Å². The maximum atomic E-state index is 12.5. The average molecular weight is 297 g/mol. The first-order valence-corrected chi connectivity index (χ1v) is 8.08. The lowest BCUT2D eigenvalue weighted by Gasteiger charge is -2.18. The van der Waals surface area contributed by atoms with Gasteiger partial charge in [0, 0.05) is 24.4 Å². The lowest BCUT2D eigenvalue weighted by Crippen LogP contribution is -2.28. The van der Waals surface area contributed by atoms with E-state index < -0.39 is 0 Å². The van der Waals surface area contributed by atoms with E-state index in [-0.39, 0.29) is 11.9 Å². The summed E-state index contributed by atoms with van der Waals surface area (Å²) < 4.78 is 1.77. The molecule has 0 saturated carbocycles. The quantitative estimate of drug-likeness (QED) is 0.942. The molecule has 1 aromatic carbocycles. The van der Waals surface area contributed by atoms with Gasteiger partial charge in [-0.25, -0.2) is 0 Å². The van der Waals surface area contributed by atoms with E-state index in [0.29, 0.717) is 0 Å². The molecule has 0 bridgehead atoms. The summed E-state index contributed by atoms with van der Waals surface area (Å²) >= 11 is 0. The molecular weight excluding hydrogens is 274 g/mol. The fraction of sp³-hybridized carbons (Fsp3) is 0.444. The van der Waals surface area contributed by atoms with Crippen LogP contribution in [0.15, 0.2) is 30.6 Å². The molecule has 0 radical (unpaired) electrons. The Kier molecular flexibility index (Phi) is 4.27. The van der Waals surface area contributed by atoms with Crippen LogP contribution in [0.3, 0.4) is 0 Å². The Morgan fingerprint density at radius 2 is 2.09 bits per heavy atom. The number of benzene rings is 1.